The van der Waals surface area contributed by atoms with Crippen LogP contribution in [0, 0.1) is 5.92 Å². The Morgan fingerprint density at radius 3 is 2.59 bits per heavy atom. The Morgan fingerprint density at radius 1 is 1.19 bits per heavy atom. The standard InChI is InChI=1S/C22H24N4O5S/c1-2-30-19-6-8-20(9-7-19)32(28,29)26-12-10-16(11-13-26)21(27)24-18-5-3-4-17(14-18)22-25-23-15-31-22/h3-9,14-16H,2,10-13H2,1H3,(H,24,27). The Kier molecular flexibility index (Phi) is 6.52. The molecule has 0 aliphatic carbocycles. The molecule has 0 spiro atoms. The molecule has 1 fully saturated rings. The van der Waals surface area contributed by atoms with E-state index in [4.69, 9.17) is 9.15 Å². The summed E-state index contributed by atoms with van der Waals surface area (Å²) in [6.07, 6.45) is 2.15. The smallest absolute Gasteiger partial charge is 0.247 e. The molecule has 4 rings (SSSR count). The maximum atomic E-state index is 12.9. The fourth-order valence-corrected chi connectivity index (χ4v) is 5.12. The molecule has 1 saturated heterocycles. The average molecular weight is 457 g/mol. The van der Waals surface area contributed by atoms with Crippen molar-refractivity contribution in [2.75, 3.05) is 25.0 Å². The van der Waals surface area contributed by atoms with Crippen molar-refractivity contribution in [3.8, 4) is 17.2 Å². The number of carbonyl (C=O) groups excluding carboxylic acids is 1. The lowest BCUT2D eigenvalue weighted by atomic mass is 9.97. The number of piperidine rings is 1. The molecule has 1 amide bonds. The lowest BCUT2D eigenvalue weighted by Crippen LogP contribution is -2.41. The summed E-state index contributed by atoms with van der Waals surface area (Å²) in [6, 6.07) is 13.6. The van der Waals surface area contributed by atoms with Gasteiger partial charge in [-0.25, -0.2) is 8.42 Å². The fourth-order valence-electron chi connectivity index (χ4n) is 3.66. The summed E-state index contributed by atoms with van der Waals surface area (Å²) < 4.78 is 37.9. The molecule has 1 N–H and O–H groups in total. The van der Waals surface area contributed by atoms with Crippen LogP contribution in [0.5, 0.6) is 5.75 Å². The molecule has 1 aliphatic rings. The van der Waals surface area contributed by atoms with Crippen molar-refractivity contribution in [2.45, 2.75) is 24.7 Å². The molecular formula is C22H24N4O5S. The molecule has 32 heavy (non-hydrogen) atoms. The minimum atomic E-state index is -3.61. The van der Waals surface area contributed by atoms with Crippen molar-refractivity contribution in [3.05, 3.63) is 54.9 Å². The molecule has 0 radical (unpaired) electrons. The molecule has 0 atom stereocenters. The molecule has 2 aromatic carbocycles. The SMILES string of the molecule is CCOc1ccc(S(=O)(=O)N2CCC(C(=O)Nc3cccc(-c4nnco4)c3)CC2)cc1. The summed E-state index contributed by atoms with van der Waals surface area (Å²) >= 11 is 0. The van der Waals surface area contributed by atoms with Crippen LogP contribution in [0.25, 0.3) is 11.5 Å². The van der Waals surface area contributed by atoms with E-state index in [9.17, 15) is 13.2 Å². The first-order chi connectivity index (χ1) is 15.5. The third-order valence-electron chi connectivity index (χ3n) is 5.33. The molecule has 0 unspecified atom stereocenters. The highest BCUT2D eigenvalue weighted by molar-refractivity contribution is 7.89. The number of hydrogen-bond donors (Lipinski definition) is 1. The van der Waals surface area contributed by atoms with Crippen LogP contribution < -0.4 is 10.1 Å². The molecule has 1 aromatic heterocycles. The first-order valence-corrected chi connectivity index (χ1v) is 11.8. The second kappa shape index (κ2) is 9.49. The first-order valence-electron chi connectivity index (χ1n) is 10.4. The zero-order valence-electron chi connectivity index (χ0n) is 17.6. The van der Waals surface area contributed by atoms with Crippen molar-refractivity contribution in [2.24, 2.45) is 5.92 Å². The van der Waals surface area contributed by atoms with Gasteiger partial charge in [0, 0.05) is 30.3 Å². The number of rotatable bonds is 7. The molecule has 9 nitrogen and oxygen atoms in total. The van der Waals surface area contributed by atoms with Crippen LogP contribution in [-0.2, 0) is 14.8 Å². The summed E-state index contributed by atoms with van der Waals surface area (Å²) in [4.78, 5) is 13.0. The van der Waals surface area contributed by atoms with E-state index < -0.39 is 10.0 Å². The van der Waals surface area contributed by atoms with Crippen LogP contribution in [0.15, 0.2) is 64.2 Å². The number of hydrogen-bond acceptors (Lipinski definition) is 7. The molecule has 168 valence electrons. The van der Waals surface area contributed by atoms with E-state index in [0.29, 0.717) is 42.3 Å². The van der Waals surface area contributed by atoms with Crippen molar-refractivity contribution in [3.63, 3.8) is 0 Å². The van der Waals surface area contributed by atoms with E-state index >= 15 is 0 Å². The summed E-state index contributed by atoms with van der Waals surface area (Å²) in [7, 11) is -3.61. The average Bonchev–Trinajstić information content (AvgIpc) is 3.35. The van der Waals surface area contributed by atoms with Crippen LogP contribution >= 0.6 is 0 Å². The largest absolute Gasteiger partial charge is 0.494 e. The summed E-state index contributed by atoms with van der Waals surface area (Å²) in [5, 5.41) is 10.4. The van der Waals surface area contributed by atoms with E-state index in [1.165, 1.54) is 10.7 Å². The van der Waals surface area contributed by atoms with Gasteiger partial charge in [-0.3, -0.25) is 4.79 Å². The zero-order chi connectivity index (χ0) is 22.6. The summed E-state index contributed by atoms with van der Waals surface area (Å²) in [5.74, 6) is 0.596. The highest BCUT2D eigenvalue weighted by Crippen LogP contribution is 2.27. The number of carbonyl (C=O) groups is 1. The Bertz CT molecular complexity index is 1160. The van der Waals surface area contributed by atoms with Gasteiger partial charge in [-0.2, -0.15) is 4.31 Å². The van der Waals surface area contributed by atoms with Crippen LogP contribution in [0.2, 0.25) is 0 Å². The van der Waals surface area contributed by atoms with Crippen LogP contribution in [0.1, 0.15) is 19.8 Å². The van der Waals surface area contributed by atoms with Gasteiger partial charge in [0.05, 0.1) is 11.5 Å². The predicted molar refractivity (Wildman–Crippen MR) is 117 cm³/mol. The quantitative estimate of drug-likeness (QED) is 0.581. The van der Waals surface area contributed by atoms with Gasteiger partial charge in [0.1, 0.15) is 5.75 Å². The second-order valence-electron chi connectivity index (χ2n) is 7.40. The van der Waals surface area contributed by atoms with Crippen molar-refractivity contribution < 1.29 is 22.4 Å². The predicted octanol–water partition coefficient (Wildman–Crippen LogP) is 3.17. The molecule has 0 saturated carbocycles. The number of sulfonamides is 1. The Labute approximate surface area is 186 Å². The monoisotopic (exact) mass is 456 g/mol. The van der Waals surface area contributed by atoms with E-state index in [1.54, 1.807) is 42.5 Å². The zero-order valence-corrected chi connectivity index (χ0v) is 18.4. The van der Waals surface area contributed by atoms with Gasteiger partial charge < -0.3 is 14.5 Å². The molecule has 1 aliphatic heterocycles. The Hall–Kier alpha value is -3.24. The van der Waals surface area contributed by atoms with Crippen molar-refractivity contribution in [1.82, 2.24) is 14.5 Å². The number of ether oxygens (including phenoxy) is 1. The highest BCUT2D eigenvalue weighted by atomic mass is 32.2. The molecular weight excluding hydrogens is 432 g/mol. The maximum Gasteiger partial charge on any atom is 0.247 e. The minimum Gasteiger partial charge on any atom is -0.494 e. The molecule has 2 heterocycles. The van der Waals surface area contributed by atoms with E-state index in [-0.39, 0.29) is 29.8 Å². The van der Waals surface area contributed by atoms with Crippen LogP contribution in [-0.4, -0.2) is 48.5 Å². The number of nitrogens with zero attached hydrogens (tertiary/aromatic N) is 3. The number of anilines is 1. The lowest BCUT2D eigenvalue weighted by Gasteiger charge is -2.30. The van der Waals surface area contributed by atoms with Gasteiger partial charge in [-0.15, -0.1) is 10.2 Å². The topological polar surface area (TPSA) is 115 Å². The normalized spacial score (nSPS) is 15.4. The molecule has 10 heteroatoms. The van der Waals surface area contributed by atoms with Crippen molar-refractivity contribution in [1.29, 1.82) is 0 Å². The Balaban J connectivity index is 1.36. The van der Waals surface area contributed by atoms with Gasteiger partial charge in [-0.1, -0.05) is 6.07 Å². The number of amides is 1. The summed E-state index contributed by atoms with van der Waals surface area (Å²) in [5.41, 5.74) is 1.33. The van der Waals surface area contributed by atoms with Gasteiger partial charge >= 0.3 is 0 Å². The van der Waals surface area contributed by atoms with E-state index in [2.05, 4.69) is 15.5 Å². The number of nitrogens with one attached hydrogen (secondary N) is 1. The Morgan fingerprint density at radius 2 is 1.94 bits per heavy atom. The third kappa shape index (κ3) is 4.81. The highest BCUT2D eigenvalue weighted by Gasteiger charge is 2.32. The second-order valence-corrected chi connectivity index (χ2v) is 9.33. The number of aromatic nitrogens is 2. The lowest BCUT2D eigenvalue weighted by molar-refractivity contribution is -0.120. The molecule has 0 bridgehead atoms. The summed E-state index contributed by atoms with van der Waals surface area (Å²) in [6.45, 7) is 2.96. The van der Waals surface area contributed by atoms with Gasteiger partial charge in [0.25, 0.3) is 0 Å². The van der Waals surface area contributed by atoms with E-state index in [1.807, 2.05) is 13.0 Å². The minimum absolute atomic E-state index is 0.134. The number of benzene rings is 2. The maximum absolute atomic E-state index is 12.9. The van der Waals surface area contributed by atoms with Gasteiger partial charge in [0.15, 0.2) is 0 Å². The molecule has 3 aromatic rings. The fraction of sp³-hybridized carbons (Fsp3) is 0.318. The van der Waals surface area contributed by atoms with E-state index in [0.717, 1.165) is 0 Å². The van der Waals surface area contributed by atoms with Crippen LogP contribution in [0.4, 0.5) is 5.69 Å². The van der Waals surface area contributed by atoms with Crippen molar-refractivity contribution >= 4 is 21.6 Å². The van der Waals surface area contributed by atoms with Gasteiger partial charge in [-0.05, 0) is 62.2 Å². The third-order valence-corrected chi connectivity index (χ3v) is 7.25. The van der Waals surface area contributed by atoms with Crippen LogP contribution in [0.3, 0.4) is 0 Å². The first kappa shape index (κ1) is 22.0. The van der Waals surface area contributed by atoms with Gasteiger partial charge in [0.2, 0.25) is 28.2 Å².